The Morgan fingerprint density at radius 1 is 1.48 bits per heavy atom. The first-order valence-electron chi connectivity index (χ1n) is 5.95. The molecule has 1 aromatic carbocycles. The van der Waals surface area contributed by atoms with Crippen LogP contribution in [0.4, 0.5) is 20.6 Å². The van der Waals surface area contributed by atoms with Crippen LogP contribution >= 0.6 is 0 Å². The van der Waals surface area contributed by atoms with E-state index in [9.17, 15) is 24.1 Å². The van der Waals surface area contributed by atoms with E-state index in [0.29, 0.717) is 0 Å². The molecular formula is C12H14FN3O5. The fraction of sp³-hybridized carbons (Fsp3) is 0.333. The van der Waals surface area contributed by atoms with Crippen LogP contribution < -0.4 is 5.32 Å². The van der Waals surface area contributed by atoms with Gasteiger partial charge in [0.2, 0.25) is 0 Å². The van der Waals surface area contributed by atoms with Gasteiger partial charge in [-0.1, -0.05) is 0 Å². The Balaban J connectivity index is 2.97. The topological polar surface area (TPSA) is 113 Å². The molecule has 0 aliphatic rings. The molecule has 0 bridgehead atoms. The smallest absolute Gasteiger partial charge is 0.323 e. The summed E-state index contributed by atoms with van der Waals surface area (Å²) in [6.07, 6.45) is 0. The molecule has 1 rings (SSSR count). The summed E-state index contributed by atoms with van der Waals surface area (Å²) in [5.74, 6) is -2.08. The minimum atomic E-state index is -1.22. The summed E-state index contributed by atoms with van der Waals surface area (Å²) in [7, 11) is 0. The Kier molecular flexibility index (Phi) is 5.17. The molecule has 0 spiro atoms. The Labute approximate surface area is 119 Å². The summed E-state index contributed by atoms with van der Waals surface area (Å²) in [5.41, 5.74) is -0.772. The Morgan fingerprint density at radius 3 is 2.57 bits per heavy atom. The van der Waals surface area contributed by atoms with Gasteiger partial charge in [-0.15, -0.1) is 0 Å². The number of hydrogen-bond donors (Lipinski definition) is 2. The molecule has 0 aliphatic carbocycles. The molecule has 21 heavy (non-hydrogen) atoms. The number of hydrogen-bond acceptors (Lipinski definition) is 4. The van der Waals surface area contributed by atoms with Crippen LogP contribution in [0, 0.1) is 15.9 Å². The number of carboxylic acids is 1. The van der Waals surface area contributed by atoms with Gasteiger partial charge in [0.05, 0.1) is 10.6 Å². The van der Waals surface area contributed by atoms with Crippen LogP contribution in [-0.4, -0.2) is 39.5 Å². The summed E-state index contributed by atoms with van der Waals surface area (Å²) in [5, 5.41) is 21.5. The first kappa shape index (κ1) is 16.3. The Hall–Kier alpha value is -2.71. The largest absolute Gasteiger partial charge is 0.480 e. The predicted molar refractivity (Wildman–Crippen MR) is 71.6 cm³/mol. The monoisotopic (exact) mass is 299 g/mol. The lowest BCUT2D eigenvalue weighted by Crippen LogP contribution is -2.43. The van der Waals surface area contributed by atoms with Crippen molar-refractivity contribution in [3.63, 3.8) is 0 Å². The van der Waals surface area contributed by atoms with E-state index in [1.807, 2.05) is 0 Å². The van der Waals surface area contributed by atoms with Crippen molar-refractivity contribution in [2.75, 3.05) is 11.9 Å². The van der Waals surface area contributed by atoms with Crippen molar-refractivity contribution in [2.45, 2.75) is 19.9 Å². The van der Waals surface area contributed by atoms with Gasteiger partial charge >= 0.3 is 12.0 Å². The van der Waals surface area contributed by atoms with Crippen LogP contribution in [0.25, 0.3) is 0 Å². The number of nitro benzene ring substituents is 1. The third-order valence-electron chi connectivity index (χ3n) is 2.59. The molecule has 0 saturated carbocycles. The molecule has 2 amide bonds. The predicted octanol–water partition coefficient (Wildman–Crippen LogP) is 2.06. The average molecular weight is 299 g/mol. The number of nitrogens with zero attached hydrogens (tertiary/aromatic N) is 2. The molecule has 8 nitrogen and oxygen atoms in total. The molecule has 0 heterocycles. The maximum Gasteiger partial charge on any atom is 0.323 e. The zero-order valence-electron chi connectivity index (χ0n) is 11.4. The van der Waals surface area contributed by atoms with E-state index in [0.717, 1.165) is 23.1 Å². The van der Waals surface area contributed by atoms with Gasteiger partial charge in [-0.25, -0.2) is 9.18 Å². The molecule has 0 aromatic heterocycles. The van der Waals surface area contributed by atoms with Gasteiger partial charge in [-0.3, -0.25) is 14.9 Å². The maximum atomic E-state index is 13.5. The molecule has 9 heteroatoms. The molecule has 0 atom stereocenters. The lowest BCUT2D eigenvalue weighted by atomic mass is 10.2. The van der Waals surface area contributed by atoms with E-state index in [1.165, 1.54) is 0 Å². The van der Waals surface area contributed by atoms with Crippen LogP contribution in [-0.2, 0) is 4.79 Å². The average Bonchev–Trinajstić information content (AvgIpc) is 2.37. The normalized spacial score (nSPS) is 10.3. The molecule has 0 fully saturated rings. The molecule has 0 unspecified atom stereocenters. The number of halogens is 1. The molecule has 0 saturated heterocycles. The highest BCUT2D eigenvalue weighted by Gasteiger charge is 2.21. The van der Waals surface area contributed by atoms with Gasteiger partial charge in [0.1, 0.15) is 12.4 Å². The van der Waals surface area contributed by atoms with Crippen molar-refractivity contribution in [1.29, 1.82) is 0 Å². The van der Waals surface area contributed by atoms with Gasteiger partial charge in [0.25, 0.3) is 5.69 Å². The van der Waals surface area contributed by atoms with Crippen LogP contribution in [0.5, 0.6) is 0 Å². The Bertz CT molecular complexity index is 576. The standard InChI is InChI=1S/C12H14FN3O5/c1-7(2)15(6-11(17)18)12(19)14-10-5-8(16(20)21)3-4-9(10)13/h3-5,7H,6H2,1-2H3,(H,14,19)(H,17,18). The summed E-state index contributed by atoms with van der Waals surface area (Å²) < 4.78 is 13.5. The second-order valence-corrected chi connectivity index (χ2v) is 4.47. The van der Waals surface area contributed by atoms with E-state index < -0.39 is 35.3 Å². The third kappa shape index (κ3) is 4.41. The van der Waals surface area contributed by atoms with Crippen molar-refractivity contribution in [1.82, 2.24) is 4.90 Å². The maximum absolute atomic E-state index is 13.5. The highest BCUT2D eigenvalue weighted by Crippen LogP contribution is 2.21. The Morgan fingerprint density at radius 2 is 2.10 bits per heavy atom. The highest BCUT2D eigenvalue weighted by atomic mass is 19.1. The first-order chi connectivity index (χ1) is 9.72. The second kappa shape index (κ2) is 6.64. The number of nitrogens with one attached hydrogen (secondary N) is 1. The molecule has 114 valence electrons. The van der Waals surface area contributed by atoms with Crippen molar-refractivity contribution in [3.05, 3.63) is 34.1 Å². The summed E-state index contributed by atoms with van der Waals surface area (Å²) in [4.78, 5) is 33.5. The fourth-order valence-electron chi connectivity index (χ4n) is 1.54. The quantitative estimate of drug-likeness (QED) is 0.638. The summed E-state index contributed by atoms with van der Waals surface area (Å²) in [6, 6.07) is 1.38. The molecular weight excluding hydrogens is 285 g/mol. The second-order valence-electron chi connectivity index (χ2n) is 4.47. The number of carbonyl (C=O) groups excluding carboxylic acids is 1. The highest BCUT2D eigenvalue weighted by molar-refractivity contribution is 5.92. The number of carbonyl (C=O) groups is 2. The number of amides is 2. The van der Waals surface area contributed by atoms with Gasteiger partial charge in [-0.2, -0.15) is 0 Å². The minimum absolute atomic E-state index is 0.384. The number of carboxylic acid groups (broad SMARTS) is 1. The number of aliphatic carboxylic acids is 1. The lowest BCUT2D eigenvalue weighted by molar-refractivity contribution is -0.384. The number of benzene rings is 1. The first-order valence-corrected chi connectivity index (χ1v) is 5.95. The van der Waals surface area contributed by atoms with Crippen molar-refractivity contribution in [3.8, 4) is 0 Å². The van der Waals surface area contributed by atoms with E-state index >= 15 is 0 Å². The number of rotatable bonds is 5. The van der Waals surface area contributed by atoms with E-state index in [2.05, 4.69) is 5.32 Å². The zero-order valence-corrected chi connectivity index (χ0v) is 11.4. The van der Waals surface area contributed by atoms with Crippen LogP contribution in [0.15, 0.2) is 18.2 Å². The third-order valence-corrected chi connectivity index (χ3v) is 2.59. The van der Waals surface area contributed by atoms with Gasteiger partial charge in [0, 0.05) is 18.2 Å². The van der Waals surface area contributed by atoms with Crippen molar-refractivity contribution < 1.29 is 24.0 Å². The number of urea groups is 1. The van der Waals surface area contributed by atoms with Crippen molar-refractivity contribution >= 4 is 23.4 Å². The van der Waals surface area contributed by atoms with Gasteiger partial charge < -0.3 is 15.3 Å². The van der Waals surface area contributed by atoms with Crippen LogP contribution in [0.3, 0.4) is 0 Å². The zero-order chi connectivity index (χ0) is 16.2. The number of anilines is 1. The van der Waals surface area contributed by atoms with Gasteiger partial charge in [-0.05, 0) is 19.9 Å². The molecule has 2 N–H and O–H groups in total. The van der Waals surface area contributed by atoms with E-state index in [4.69, 9.17) is 5.11 Å². The lowest BCUT2D eigenvalue weighted by Gasteiger charge is -2.25. The van der Waals surface area contributed by atoms with Gasteiger partial charge in [0.15, 0.2) is 0 Å². The number of nitro groups is 1. The SMILES string of the molecule is CC(C)N(CC(=O)O)C(=O)Nc1cc([N+](=O)[O-])ccc1F. The van der Waals surface area contributed by atoms with Crippen LogP contribution in [0.1, 0.15) is 13.8 Å². The van der Waals surface area contributed by atoms with Crippen molar-refractivity contribution in [2.24, 2.45) is 0 Å². The van der Waals surface area contributed by atoms with E-state index in [-0.39, 0.29) is 11.4 Å². The summed E-state index contributed by atoms with van der Waals surface area (Å²) >= 11 is 0. The molecule has 0 radical (unpaired) electrons. The number of non-ortho nitro benzene ring substituents is 1. The summed E-state index contributed by atoms with van der Waals surface area (Å²) in [6.45, 7) is 2.61. The van der Waals surface area contributed by atoms with Crippen LogP contribution in [0.2, 0.25) is 0 Å². The molecule has 1 aromatic rings. The molecule has 0 aliphatic heterocycles. The minimum Gasteiger partial charge on any atom is -0.480 e. The van der Waals surface area contributed by atoms with E-state index in [1.54, 1.807) is 13.8 Å². The fourth-order valence-corrected chi connectivity index (χ4v) is 1.54.